The van der Waals surface area contributed by atoms with E-state index in [9.17, 15) is 0 Å². The number of nitrogens with zero attached hydrogens (tertiary/aromatic N) is 1. The van der Waals surface area contributed by atoms with Crippen LogP contribution in [0.15, 0.2) is 30.5 Å². The maximum Gasteiger partial charge on any atom is 0.0724 e. The van der Waals surface area contributed by atoms with Gasteiger partial charge in [0, 0.05) is 17.6 Å². The van der Waals surface area contributed by atoms with E-state index in [1.54, 1.807) is 6.20 Å². The second kappa shape index (κ2) is 5.08. The van der Waals surface area contributed by atoms with Crippen molar-refractivity contribution in [1.82, 2.24) is 4.98 Å². The molecular formula is C16H21N3. The molecule has 0 saturated heterocycles. The number of rotatable bonds is 3. The Morgan fingerprint density at radius 3 is 2.84 bits per heavy atom. The Kier molecular flexibility index (Phi) is 3.28. The van der Waals surface area contributed by atoms with E-state index < -0.39 is 0 Å². The van der Waals surface area contributed by atoms with Crippen molar-refractivity contribution in [2.75, 3.05) is 11.1 Å². The molecule has 3 heteroatoms. The van der Waals surface area contributed by atoms with Gasteiger partial charge in [-0.05, 0) is 49.9 Å². The van der Waals surface area contributed by atoms with E-state index in [0.717, 1.165) is 28.2 Å². The average molecular weight is 255 g/mol. The van der Waals surface area contributed by atoms with Crippen molar-refractivity contribution in [1.29, 1.82) is 0 Å². The molecular weight excluding hydrogens is 234 g/mol. The number of hydrogen-bond acceptors (Lipinski definition) is 3. The average Bonchev–Trinajstić information content (AvgIpc) is 2.96. The smallest absolute Gasteiger partial charge is 0.0724 e. The van der Waals surface area contributed by atoms with Gasteiger partial charge in [-0.2, -0.15) is 0 Å². The number of aromatic nitrogens is 1. The summed E-state index contributed by atoms with van der Waals surface area (Å²) >= 11 is 0. The number of fused-ring (bicyclic) bond motifs is 1. The number of benzene rings is 1. The van der Waals surface area contributed by atoms with E-state index in [0.29, 0.717) is 6.04 Å². The summed E-state index contributed by atoms with van der Waals surface area (Å²) in [6.07, 6.45) is 7.21. The van der Waals surface area contributed by atoms with Crippen LogP contribution in [0.25, 0.3) is 10.9 Å². The molecule has 0 amide bonds. The van der Waals surface area contributed by atoms with Gasteiger partial charge >= 0.3 is 0 Å². The molecule has 1 unspecified atom stereocenters. The van der Waals surface area contributed by atoms with Crippen LogP contribution in [0.3, 0.4) is 0 Å². The van der Waals surface area contributed by atoms with Crippen LogP contribution in [0, 0.1) is 5.92 Å². The maximum absolute atomic E-state index is 6.26. The molecule has 3 rings (SSSR count). The van der Waals surface area contributed by atoms with Crippen LogP contribution in [0.1, 0.15) is 32.6 Å². The minimum atomic E-state index is 0.485. The quantitative estimate of drug-likeness (QED) is 0.820. The van der Waals surface area contributed by atoms with Crippen LogP contribution in [-0.4, -0.2) is 11.0 Å². The lowest BCUT2D eigenvalue weighted by Gasteiger charge is -2.23. The maximum atomic E-state index is 6.26. The van der Waals surface area contributed by atoms with Gasteiger partial charge in [-0.1, -0.05) is 12.8 Å². The number of nitrogens with one attached hydrogen (secondary N) is 1. The van der Waals surface area contributed by atoms with Crippen LogP contribution in [0.4, 0.5) is 11.4 Å². The highest BCUT2D eigenvalue weighted by molar-refractivity contribution is 5.96. The van der Waals surface area contributed by atoms with Crippen LogP contribution >= 0.6 is 0 Å². The predicted molar refractivity (Wildman–Crippen MR) is 81.2 cm³/mol. The molecule has 0 radical (unpaired) electrons. The van der Waals surface area contributed by atoms with E-state index in [1.807, 2.05) is 18.2 Å². The normalized spacial score (nSPS) is 17.7. The van der Waals surface area contributed by atoms with Crippen molar-refractivity contribution < 1.29 is 0 Å². The van der Waals surface area contributed by atoms with E-state index >= 15 is 0 Å². The Balaban J connectivity index is 1.86. The van der Waals surface area contributed by atoms with E-state index in [2.05, 4.69) is 23.3 Å². The summed E-state index contributed by atoms with van der Waals surface area (Å²) in [6.45, 7) is 2.27. The predicted octanol–water partition coefficient (Wildman–Crippen LogP) is 3.81. The van der Waals surface area contributed by atoms with Crippen molar-refractivity contribution in [3.05, 3.63) is 30.5 Å². The standard InChI is InChI=1S/C16H21N3/c1-11(12-5-2-3-6-12)19-15-9-8-14-13(16(15)17)7-4-10-18-14/h4,7-12,19H,2-3,5-6,17H2,1H3. The van der Waals surface area contributed by atoms with Gasteiger partial charge in [0.2, 0.25) is 0 Å². The zero-order valence-corrected chi connectivity index (χ0v) is 11.4. The van der Waals surface area contributed by atoms with E-state index in [-0.39, 0.29) is 0 Å². The molecule has 1 fully saturated rings. The molecule has 0 spiro atoms. The van der Waals surface area contributed by atoms with Crippen molar-refractivity contribution in [3.63, 3.8) is 0 Å². The summed E-state index contributed by atoms with van der Waals surface area (Å²) in [7, 11) is 0. The first kappa shape index (κ1) is 12.3. The molecule has 1 aliphatic carbocycles. The number of pyridine rings is 1. The molecule has 2 aromatic rings. The molecule has 0 aliphatic heterocycles. The molecule has 0 bridgehead atoms. The van der Waals surface area contributed by atoms with Gasteiger partial charge in [-0.15, -0.1) is 0 Å². The Hall–Kier alpha value is -1.77. The van der Waals surface area contributed by atoms with Crippen LogP contribution in [0.2, 0.25) is 0 Å². The zero-order valence-electron chi connectivity index (χ0n) is 11.4. The van der Waals surface area contributed by atoms with Gasteiger partial charge in [-0.3, -0.25) is 4.98 Å². The molecule has 1 aromatic carbocycles. The van der Waals surface area contributed by atoms with E-state index in [4.69, 9.17) is 5.73 Å². The van der Waals surface area contributed by atoms with E-state index in [1.165, 1.54) is 25.7 Å². The number of hydrogen-bond donors (Lipinski definition) is 2. The highest BCUT2D eigenvalue weighted by atomic mass is 14.9. The van der Waals surface area contributed by atoms with Crippen LogP contribution in [-0.2, 0) is 0 Å². The number of anilines is 2. The third kappa shape index (κ3) is 2.37. The van der Waals surface area contributed by atoms with Gasteiger partial charge in [0.05, 0.1) is 16.9 Å². The Morgan fingerprint density at radius 1 is 1.26 bits per heavy atom. The summed E-state index contributed by atoms with van der Waals surface area (Å²) in [5, 5.41) is 4.62. The molecule has 1 heterocycles. The lowest BCUT2D eigenvalue weighted by molar-refractivity contribution is 0.482. The third-order valence-electron chi connectivity index (χ3n) is 4.32. The monoisotopic (exact) mass is 255 g/mol. The van der Waals surface area contributed by atoms with Crippen molar-refractivity contribution in [3.8, 4) is 0 Å². The molecule has 19 heavy (non-hydrogen) atoms. The zero-order chi connectivity index (χ0) is 13.2. The van der Waals surface area contributed by atoms with Gasteiger partial charge < -0.3 is 11.1 Å². The van der Waals surface area contributed by atoms with Crippen LogP contribution < -0.4 is 11.1 Å². The SMILES string of the molecule is CC(Nc1ccc2ncccc2c1N)C1CCCC1. The summed E-state index contributed by atoms with van der Waals surface area (Å²) < 4.78 is 0. The largest absolute Gasteiger partial charge is 0.397 e. The Morgan fingerprint density at radius 2 is 2.05 bits per heavy atom. The lowest BCUT2D eigenvalue weighted by atomic mass is 9.99. The molecule has 1 aromatic heterocycles. The first-order valence-corrected chi connectivity index (χ1v) is 7.15. The minimum Gasteiger partial charge on any atom is -0.397 e. The van der Waals surface area contributed by atoms with Crippen molar-refractivity contribution >= 4 is 22.3 Å². The minimum absolute atomic E-state index is 0.485. The third-order valence-corrected chi connectivity index (χ3v) is 4.32. The van der Waals surface area contributed by atoms with Crippen molar-refractivity contribution in [2.45, 2.75) is 38.6 Å². The topological polar surface area (TPSA) is 50.9 Å². The summed E-state index contributed by atoms with van der Waals surface area (Å²) in [5.74, 6) is 0.781. The number of nitrogen functional groups attached to an aromatic ring is 1. The van der Waals surface area contributed by atoms with Gasteiger partial charge in [0.15, 0.2) is 0 Å². The molecule has 1 saturated carbocycles. The Bertz CT molecular complexity index is 573. The molecule has 100 valence electrons. The van der Waals surface area contributed by atoms with Gasteiger partial charge in [0.1, 0.15) is 0 Å². The van der Waals surface area contributed by atoms with Crippen molar-refractivity contribution in [2.24, 2.45) is 5.92 Å². The first-order valence-electron chi connectivity index (χ1n) is 7.15. The lowest BCUT2D eigenvalue weighted by Crippen LogP contribution is -2.24. The molecule has 1 atom stereocenters. The fourth-order valence-corrected chi connectivity index (χ4v) is 3.12. The summed E-state index contributed by atoms with van der Waals surface area (Å²) in [5.41, 5.74) is 9.08. The fourth-order valence-electron chi connectivity index (χ4n) is 3.12. The first-order chi connectivity index (χ1) is 9.25. The summed E-state index contributed by atoms with van der Waals surface area (Å²) in [4.78, 5) is 4.33. The van der Waals surface area contributed by atoms with Gasteiger partial charge in [0.25, 0.3) is 0 Å². The second-order valence-electron chi connectivity index (χ2n) is 5.57. The highest BCUT2D eigenvalue weighted by Gasteiger charge is 2.21. The Labute approximate surface area is 114 Å². The molecule has 3 N–H and O–H groups in total. The summed E-state index contributed by atoms with van der Waals surface area (Å²) in [6, 6.07) is 8.54. The highest BCUT2D eigenvalue weighted by Crippen LogP contribution is 2.32. The number of nitrogens with two attached hydrogens (primary N) is 1. The molecule has 1 aliphatic rings. The molecule has 3 nitrogen and oxygen atoms in total. The fraction of sp³-hybridized carbons (Fsp3) is 0.438. The van der Waals surface area contributed by atoms with Crippen LogP contribution in [0.5, 0.6) is 0 Å². The second-order valence-corrected chi connectivity index (χ2v) is 5.57. The van der Waals surface area contributed by atoms with Gasteiger partial charge in [-0.25, -0.2) is 0 Å².